The standard InChI is InChI=1S/C20H33N3O3S/c1-6-23(7-2)27(25,26)18-9-8-17(5)19(14-18)20(24)22-12-10-21(11-13-22)15-16(3)4/h8-9,14,16H,6-7,10-13,15H2,1-5H3. The van der Waals surface area contributed by atoms with E-state index < -0.39 is 10.0 Å². The van der Waals surface area contributed by atoms with E-state index in [4.69, 9.17) is 0 Å². The molecule has 1 amide bonds. The summed E-state index contributed by atoms with van der Waals surface area (Å²) in [7, 11) is -3.57. The normalized spacial score (nSPS) is 16.3. The second-order valence-electron chi connectivity index (χ2n) is 7.55. The van der Waals surface area contributed by atoms with Crippen LogP contribution in [-0.2, 0) is 10.0 Å². The molecule has 0 aliphatic carbocycles. The van der Waals surface area contributed by atoms with Crippen molar-refractivity contribution in [2.75, 3.05) is 45.8 Å². The van der Waals surface area contributed by atoms with Crippen LogP contribution in [0.4, 0.5) is 0 Å². The minimum absolute atomic E-state index is 0.0757. The van der Waals surface area contributed by atoms with Gasteiger partial charge in [-0.1, -0.05) is 33.8 Å². The van der Waals surface area contributed by atoms with Crippen LogP contribution in [0.3, 0.4) is 0 Å². The first-order valence-electron chi connectivity index (χ1n) is 9.83. The van der Waals surface area contributed by atoms with Crippen LogP contribution in [0.25, 0.3) is 0 Å². The Bertz CT molecular complexity index is 750. The summed E-state index contributed by atoms with van der Waals surface area (Å²) in [4.78, 5) is 17.4. The summed E-state index contributed by atoms with van der Waals surface area (Å²) in [5.74, 6) is 0.532. The van der Waals surface area contributed by atoms with Crippen molar-refractivity contribution in [3.05, 3.63) is 29.3 Å². The van der Waals surface area contributed by atoms with Crippen molar-refractivity contribution in [2.24, 2.45) is 5.92 Å². The molecule has 1 heterocycles. The van der Waals surface area contributed by atoms with Crippen molar-refractivity contribution in [1.29, 1.82) is 0 Å². The van der Waals surface area contributed by atoms with Crippen molar-refractivity contribution in [3.8, 4) is 0 Å². The van der Waals surface area contributed by atoms with E-state index in [9.17, 15) is 13.2 Å². The lowest BCUT2D eigenvalue weighted by molar-refractivity contribution is 0.0623. The summed E-state index contributed by atoms with van der Waals surface area (Å²) in [6.07, 6.45) is 0. The first-order chi connectivity index (χ1) is 12.7. The second kappa shape index (κ2) is 9.17. The van der Waals surface area contributed by atoms with Crippen LogP contribution in [0.2, 0.25) is 0 Å². The maximum Gasteiger partial charge on any atom is 0.254 e. The van der Waals surface area contributed by atoms with E-state index in [0.717, 1.165) is 25.2 Å². The monoisotopic (exact) mass is 395 g/mol. The lowest BCUT2D eigenvalue weighted by atomic mass is 10.1. The quantitative estimate of drug-likeness (QED) is 0.711. The van der Waals surface area contributed by atoms with Gasteiger partial charge in [0, 0.05) is 51.4 Å². The number of sulfonamides is 1. The van der Waals surface area contributed by atoms with Gasteiger partial charge in [-0.2, -0.15) is 4.31 Å². The third kappa shape index (κ3) is 5.09. The molecule has 0 N–H and O–H groups in total. The van der Waals surface area contributed by atoms with Gasteiger partial charge in [0.05, 0.1) is 4.90 Å². The van der Waals surface area contributed by atoms with E-state index in [2.05, 4.69) is 18.7 Å². The number of carbonyl (C=O) groups is 1. The largest absolute Gasteiger partial charge is 0.336 e. The van der Waals surface area contributed by atoms with E-state index in [1.165, 1.54) is 4.31 Å². The minimum atomic E-state index is -3.57. The van der Waals surface area contributed by atoms with Crippen LogP contribution in [0.1, 0.15) is 43.6 Å². The zero-order valence-corrected chi connectivity index (χ0v) is 18.1. The fourth-order valence-corrected chi connectivity index (χ4v) is 5.01. The van der Waals surface area contributed by atoms with Crippen LogP contribution in [0, 0.1) is 12.8 Å². The average Bonchev–Trinajstić information content (AvgIpc) is 2.62. The van der Waals surface area contributed by atoms with Gasteiger partial charge in [0.15, 0.2) is 0 Å². The van der Waals surface area contributed by atoms with Gasteiger partial charge in [0.1, 0.15) is 0 Å². The molecule has 1 saturated heterocycles. The molecule has 1 aromatic rings. The van der Waals surface area contributed by atoms with Crippen LogP contribution in [-0.4, -0.2) is 74.2 Å². The number of nitrogens with zero attached hydrogens (tertiary/aromatic N) is 3. The topological polar surface area (TPSA) is 60.9 Å². The van der Waals surface area contributed by atoms with Crippen molar-refractivity contribution >= 4 is 15.9 Å². The molecule has 0 saturated carbocycles. The van der Waals surface area contributed by atoms with E-state index in [0.29, 0.717) is 37.7 Å². The Hall–Kier alpha value is -1.44. The summed E-state index contributed by atoms with van der Waals surface area (Å²) in [5, 5.41) is 0. The molecule has 0 spiro atoms. The maximum absolute atomic E-state index is 13.0. The predicted molar refractivity (Wildman–Crippen MR) is 108 cm³/mol. The summed E-state index contributed by atoms with van der Waals surface area (Å²) in [6, 6.07) is 4.88. The first-order valence-corrected chi connectivity index (χ1v) is 11.3. The first kappa shape index (κ1) is 21.9. The highest BCUT2D eigenvalue weighted by Gasteiger charge is 2.27. The van der Waals surface area contributed by atoms with Crippen molar-refractivity contribution in [1.82, 2.24) is 14.1 Å². The zero-order chi connectivity index (χ0) is 20.2. The van der Waals surface area contributed by atoms with Gasteiger partial charge in [0.2, 0.25) is 10.0 Å². The number of hydrogen-bond acceptors (Lipinski definition) is 4. The molecule has 1 fully saturated rings. The smallest absolute Gasteiger partial charge is 0.254 e. The number of benzene rings is 1. The fourth-order valence-electron chi connectivity index (χ4n) is 3.52. The number of hydrogen-bond donors (Lipinski definition) is 0. The zero-order valence-electron chi connectivity index (χ0n) is 17.2. The number of amides is 1. The second-order valence-corrected chi connectivity index (χ2v) is 9.49. The van der Waals surface area contributed by atoms with Crippen molar-refractivity contribution in [2.45, 2.75) is 39.5 Å². The minimum Gasteiger partial charge on any atom is -0.336 e. The summed E-state index contributed by atoms with van der Waals surface area (Å²) < 4.78 is 27.0. The van der Waals surface area contributed by atoms with E-state index in [1.54, 1.807) is 18.2 Å². The summed E-state index contributed by atoms with van der Waals surface area (Å²) >= 11 is 0. The van der Waals surface area contributed by atoms with Gasteiger partial charge in [-0.25, -0.2) is 8.42 Å². The molecule has 0 unspecified atom stereocenters. The number of carbonyl (C=O) groups excluding carboxylic acids is 1. The molecule has 27 heavy (non-hydrogen) atoms. The highest BCUT2D eigenvalue weighted by Crippen LogP contribution is 2.21. The van der Waals surface area contributed by atoms with Gasteiger partial charge in [-0.15, -0.1) is 0 Å². The number of rotatable bonds is 7. The lowest BCUT2D eigenvalue weighted by Gasteiger charge is -2.35. The highest BCUT2D eigenvalue weighted by atomic mass is 32.2. The lowest BCUT2D eigenvalue weighted by Crippen LogP contribution is -2.49. The Morgan fingerprint density at radius 1 is 1.11 bits per heavy atom. The molecule has 0 aromatic heterocycles. The molecule has 0 radical (unpaired) electrons. The SMILES string of the molecule is CCN(CC)S(=O)(=O)c1ccc(C)c(C(=O)N2CCN(CC(C)C)CC2)c1. The van der Waals surface area contributed by atoms with E-state index in [-0.39, 0.29) is 10.8 Å². The van der Waals surface area contributed by atoms with Gasteiger partial charge < -0.3 is 4.90 Å². The Kier molecular flexibility index (Phi) is 7.42. The molecule has 0 atom stereocenters. The van der Waals surface area contributed by atoms with Crippen LogP contribution >= 0.6 is 0 Å². The fraction of sp³-hybridized carbons (Fsp3) is 0.650. The predicted octanol–water partition coefficient (Wildman–Crippen LogP) is 2.44. The molecule has 0 bridgehead atoms. The Morgan fingerprint density at radius 3 is 2.22 bits per heavy atom. The molecular weight excluding hydrogens is 362 g/mol. The molecule has 1 aliphatic heterocycles. The Labute approximate surface area is 164 Å². The third-order valence-corrected chi connectivity index (χ3v) is 7.11. The molecule has 1 aliphatic rings. The summed E-state index contributed by atoms with van der Waals surface area (Å²) in [5.41, 5.74) is 1.30. The third-order valence-electron chi connectivity index (χ3n) is 5.07. The van der Waals surface area contributed by atoms with E-state index in [1.807, 2.05) is 25.7 Å². The van der Waals surface area contributed by atoms with Gasteiger partial charge in [-0.05, 0) is 30.5 Å². The number of aryl methyl sites for hydroxylation is 1. The molecular formula is C20H33N3O3S. The van der Waals surface area contributed by atoms with Crippen LogP contribution in [0.15, 0.2) is 23.1 Å². The maximum atomic E-state index is 13.0. The summed E-state index contributed by atoms with van der Waals surface area (Å²) in [6.45, 7) is 14.8. The number of piperazine rings is 1. The molecule has 6 nitrogen and oxygen atoms in total. The Balaban J connectivity index is 2.20. The average molecular weight is 396 g/mol. The molecule has 1 aromatic carbocycles. The van der Waals surface area contributed by atoms with Gasteiger partial charge in [0.25, 0.3) is 5.91 Å². The molecule has 7 heteroatoms. The molecule has 2 rings (SSSR count). The van der Waals surface area contributed by atoms with E-state index >= 15 is 0 Å². The Morgan fingerprint density at radius 2 is 1.70 bits per heavy atom. The van der Waals surface area contributed by atoms with Crippen LogP contribution in [0.5, 0.6) is 0 Å². The van der Waals surface area contributed by atoms with Gasteiger partial charge in [-0.3, -0.25) is 9.69 Å². The molecule has 152 valence electrons. The highest BCUT2D eigenvalue weighted by molar-refractivity contribution is 7.89. The van der Waals surface area contributed by atoms with Crippen molar-refractivity contribution in [3.63, 3.8) is 0 Å². The van der Waals surface area contributed by atoms with Gasteiger partial charge >= 0.3 is 0 Å². The van der Waals surface area contributed by atoms with Crippen molar-refractivity contribution < 1.29 is 13.2 Å². The van der Waals surface area contributed by atoms with Crippen LogP contribution < -0.4 is 0 Å².